The summed E-state index contributed by atoms with van der Waals surface area (Å²) in [5, 5.41) is 2.52. The number of aryl methyl sites for hydroxylation is 1. The van der Waals surface area contributed by atoms with E-state index in [-0.39, 0.29) is 0 Å². The predicted octanol–water partition coefficient (Wildman–Crippen LogP) is 8.83. The number of benzene rings is 5. The molecule has 174 valence electrons. The van der Waals surface area contributed by atoms with Gasteiger partial charge in [0.25, 0.3) is 0 Å². The minimum atomic E-state index is 0.857. The minimum absolute atomic E-state index is 0.857. The number of hydrogen-bond donors (Lipinski definition) is 0. The number of fused-ring (bicyclic) bond motifs is 5. The first-order valence-corrected chi connectivity index (χ1v) is 12.4. The molecule has 0 saturated carbocycles. The third kappa shape index (κ3) is 2.84. The topological polar surface area (TPSA) is 38.2 Å². The van der Waals surface area contributed by atoms with E-state index in [2.05, 4.69) is 94.6 Å². The zero-order valence-corrected chi connectivity index (χ0v) is 20.1. The van der Waals surface area contributed by atoms with E-state index >= 15 is 0 Å². The molecule has 0 saturated heterocycles. The molecular weight excluding hydrogens is 454 g/mol. The SMILES string of the molecule is Cc1ccc2c3c(ccc(-c4ccc(N5c6ccccc6Oc6ccccc65)cc4)c13)-c1nccnc1-2. The van der Waals surface area contributed by atoms with Crippen LogP contribution in [0.15, 0.2) is 109 Å². The van der Waals surface area contributed by atoms with Crippen molar-refractivity contribution >= 4 is 27.8 Å². The van der Waals surface area contributed by atoms with Crippen LogP contribution in [0, 0.1) is 6.92 Å². The second-order valence-electron chi connectivity index (χ2n) is 9.51. The normalized spacial score (nSPS) is 12.6. The fraction of sp³-hybridized carbons (Fsp3) is 0.0303. The van der Waals surface area contributed by atoms with Gasteiger partial charge in [-0.05, 0) is 65.4 Å². The molecular formula is C33H21N3O. The summed E-state index contributed by atoms with van der Waals surface area (Å²) in [5.74, 6) is 1.71. The molecule has 0 fully saturated rings. The summed E-state index contributed by atoms with van der Waals surface area (Å²) in [6.45, 7) is 2.19. The number of nitrogens with zero attached hydrogens (tertiary/aromatic N) is 3. The molecule has 4 nitrogen and oxygen atoms in total. The Morgan fingerprint density at radius 1 is 0.568 bits per heavy atom. The van der Waals surface area contributed by atoms with Crippen molar-refractivity contribution in [3.05, 3.63) is 115 Å². The van der Waals surface area contributed by atoms with Crippen molar-refractivity contribution in [1.29, 1.82) is 0 Å². The zero-order chi connectivity index (χ0) is 24.5. The smallest absolute Gasteiger partial charge is 0.151 e. The van der Waals surface area contributed by atoms with Gasteiger partial charge in [-0.2, -0.15) is 0 Å². The van der Waals surface area contributed by atoms with Crippen molar-refractivity contribution in [3.63, 3.8) is 0 Å². The van der Waals surface area contributed by atoms with Crippen LogP contribution in [-0.4, -0.2) is 9.97 Å². The quantitative estimate of drug-likeness (QED) is 0.250. The molecule has 1 aliphatic carbocycles. The van der Waals surface area contributed by atoms with E-state index in [1.807, 2.05) is 24.3 Å². The van der Waals surface area contributed by atoms with Crippen molar-refractivity contribution in [2.24, 2.45) is 0 Å². The molecule has 0 amide bonds. The first-order valence-electron chi connectivity index (χ1n) is 12.4. The van der Waals surface area contributed by atoms with Gasteiger partial charge < -0.3 is 9.64 Å². The van der Waals surface area contributed by atoms with Crippen molar-refractivity contribution in [1.82, 2.24) is 9.97 Å². The van der Waals surface area contributed by atoms with E-state index in [1.54, 1.807) is 12.4 Å². The summed E-state index contributed by atoms with van der Waals surface area (Å²) >= 11 is 0. The Bertz CT molecular complexity index is 1800. The highest BCUT2D eigenvalue weighted by Crippen LogP contribution is 2.51. The van der Waals surface area contributed by atoms with Gasteiger partial charge in [0.1, 0.15) is 0 Å². The molecule has 6 aromatic rings. The second kappa shape index (κ2) is 7.52. The summed E-state index contributed by atoms with van der Waals surface area (Å²) in [6.07, 6.45) is 3.55. The van der Waals surface area contributed by atoms with Crippen LogP contribution in [0.25, 0.3) is 44.4 Å². The molecule has 5 aromatic carbocycles. The van der Waals surface area contributed by atoms with Crippen LogP contribution in [0.1, 0.15) is 5.56 Å². The van der Waals surface area contributed by atoms with E-state index < -0.39 is 0 Å². The highest BCUT2D eigenvalue weighted by molar-refractivity contribution is 6.18. The van der Waals surface area contributed by atoms with Gasteiger partial charge in [-0.1, -0.05) is 60.7 Å². The number of ether oxygens (including phenoxy) is 1. The average molecular weight is 476 g/mol. The minimum Gasteiger partial charge on any atom is -0.453 e. The molecule has 0 bridgehead atoms. The van der Waals surface area contributed by atoms with Gasteiger partial charge in [-0.25, -0.2) is 0 Å². The Morgan fingerprint density at radius 2 is 1.14 bits per heavy atom. The molecule has 37 heavy (non-hydrogen) atoms. The Balaban J connectivity index is 1.28. The van der Waals surface area contributed by atoms with E-state index in [0.29, 0.717) is 0 Å². The average Bonchev–Trinajstić information content (AvgIpc) is 3.28. The number of anilines is 3. The maximum Gasteiger partial charge on any atom is 0.151 e. The van der Waals surface area contributed by atoms with E-state index in [4.69, 9.17) is 4.74 Å². The van der Waals surface area contributed by atoms with Gasteiger partial charge >= 0.3 is 0 Å². The maximum absolute atomic E-state index is 6.19. The van der Waals surface area contributed by atoms with Crippen molar-refractivity contribution < 1.29 is 4.74 Å². The first-order chi connectivity index (χ1) is 18.3. The Labute approximate surface area is 214 Å². The number of hydrogen-bond acceptors (Lipinski definition) is 4. The summed E-state index contributed by atoms with van der Waals surface area (Å²) in [4.78, 5) is 11.6. The predicted molar refractivity (Wildman–Crippen MR) is 149 cm³/mol. The van der Waals surface area contributed by atoms with Crippen LogP contribution in [0.4, 0.5) is 17.1 Å². The van der Waals surface area contributed by atoms with Crippen molar-refractivity contribution in [2.75, 3.05) is 4.90 Å². The lowest BCUT2D eigenvalue weighted by Crippen LogP contribution is -2.15. The molecule has 0 N–H and O–H groups in total. The summed E-state index contributed by atoms with van der Waals surface area (Å²) in [5.41, 5.74) is 11.1. The zero-order valence-electron chi connectivity index (χ0n) is 20.1. The van der Waals surface area contributed by atoms with Crippen LogP contribution in [0.5, 0.6) is 11.5 Å². The van der Waals surface area contributed by atoms with Crippen LogP contribution >= 0.6 is 0 Å². The number of para-hydroxylation sites is 4. The van der Waals surface area contributed by atoms with Gasteiger partial charge in [-0.3, -0.25) is 9.97 Å². The highest BCUT2D eigenvalue weighted by Gasteiger charge is 2.27. The molecule has 4 heteroatoms. The molecule has 8 rings (SSSR count). The molecule has 2 aliphatic rings. The lowest BCUT2D eigenvalue weighted by atomic mass is 9.91. The van der Waals surface area contributed by atoms with Gasteiger partial charge in [-0.15, -0.1) is 0 Å². The molecule has 0 atom stereocenters. The van der Waals surface area contributed by atoms with Crippen LogP contribution in [0.2, 0.25) is 0 Å². The summed E-state index contributed by atoms with van der Waals surface area (Å²) in [6, 6.07) is 34.0. The third-order valence-corrected chi connectivity index (χ3v) is 7.45. The first kappa shape index (κ1) is 20.3. The Hall–Kier alpha value is -4.96. The molecule has 0 unspecified atom stereocenters. The highest BCUT2D eigenvalue weighted by atomic mass is 16.5. The van der Waals surface area contributed by atoms with Crippen LogP contribution in [0.3, 0.4) is 0 Å². The standard InChI is InChI=1S/C33H21N3O/c1-20-10-15-24-31-25(33-32(24)34-18-19-35-33)17-16-23(30(20)31)21-11-13-22(14-12-21)36-26-6-2-4-8-28(26)37-29-9-5-3-7-27(29)36/h2-19H,1H3. The van der Waals surface area contributed by atoms with E-state index in [1.165, 1.54) is 38.6 Å². The Kier molecular flexibility index (Phi) is 4.12. The fourth-order valence-corrected chi connectivity index (χ4v) is 5.81. The largest absolute Gasteiger partial charge is 0.453 e. The van der Waals surface area contributed by atoms with Crippen molar-refractivity contribution in [3.8, 4) is 45.1 Å². The fourth-order valence-electron chi connectivity index (χ4n) is 5.81. The van der Waals surface area contributed by atoms with Gasteiger partial charge in [0, 0.05) is 34.6 Å². The lowest BCUT2D eigenvalue weighted by molar-refractivity contribution is 0.477. The number of rotatable bonds is 2. The summed E-state index contributed by atoms with van der Waals surface area (Å²) in [7, 11) is 0. The van der Waals surface area contributed by atoms with E-state index in [0.717, 1.165) is 39.9 Å². The van der Waals surface area contributed by atoms with Crippen LogP contribution in [-0.2, 0) is 0 Å². The monoisotopic (exact) mass is 475 g/mol. The second-order valence-corrected chi connectivity index (χ2v) is 9.51. The molecule has 1 aliphatic heterocycles. The molecule has 0 radical (unpaired) electrons. The molecule has 1 aromatic heterocycles. The van der Waals surface area contributed by atoms with Crippen LogP contribution < -0.4 is 9.64 Å². The molecule has 2 heterocycles. The molecule has 0 spiro atoms. The van der Waals surface area contributed by atoms with Gasteiger partial charge in [0.05, 0.1) is 22.8 Å². The van der Waals surface area contributed by atoms with E-state index in [9.17, 15) is 0 Å². The van der Waals surface area contributed by atoms with Crippen molar-refractivity contribution in [2.45, 2.75) is 6.92 Å². The van der Waals surface area contributed by atoms with Gasteiger partial charge in [0.15, 0.2) is 11.5 Å². The summed E-state index contributed by atoms with van der Waals surface area (Å²) < 4.78 is 6.19. The lowest BCUT2D eigenvalue weighted by Gasteiger charge is -2.32. The third-order valence-electron chi connectivity index (χ3n) is 7.45. The Morgan fingerprint density at radius 3 is 1.78 bits per heavy atom. The number of aromatic nitrogens is 2. The van der Waals surface area contributed by atoms with Gasteiger partial charge in [0.2, 0.25) is 0 Å². The maximum atomic E-state index is 6.19.